The van der Waals surface area contributed by atoms with Crippen molar-refractivity contribution in [2.24, 2.45) is 11.7 Å². The Morgan fingerprint density at radius 1 is 1.24 bits per heavy atom. The fourth-order valence-electron chi connectivity index (χ4n) is 4.77. The molecule has 8 nitrogen and oxygen atoms in total. The first-order chi connectivity index (χ1) is 16.0. The molecule has 2 aromatic rings. The summed E-state index contributed by atoms with van der Waals surface area (Å²) in [7, 11) is 0. The van der Waals surface area contributed by atoms with E-state index in [9.17, 15) is 9.59 Å². The second kappa shape index (κ2) is 8.84. The molecule has 2 aliphatic heterocycles. The number of primary amides is 1. The smallest absolute Gasteiger partial charge is 0.254 e. The van der Waals surface area contributed by atoms with E-state index in [0.717, 1.165) is 56.8 Å². The van der Waals surface area contributed by atoms with Crippen molar-refractivity contribution in [2.75, 3.05) is 25.0 Å². The summed E-state index contributed by atoms with van der Waals surface area (Å²) in [6.07, 6.45) is 4.82. The number of rotatable bonds is 7. The number of carbonyl (C=O) groups excluding carboxylic acids is 2. The number of aromatic nitrogens is 2. The fraction of sp³-hybridized carbons (Fsp3) is 0.500. The van der Waals surface area contributed by atoms with Crippen LogP contribution in [0.1, 0.15) is 52.7 Å². The van der Waals surface area contributed by atoms with E-state index in [4.69, 9.17) is 12.3 Å². The summed E-state index contributed by atoms with van der Waals surface area (Å²) in [4.78, 5) is 30.4. The Balaban J connectivity index is 1.32. The number of nitrogens with two attached hydrogens (primary N) is 1. The van der Waals surface area contributed by atoms with E-state index in [0.29, 0.717) is 0 Å². The van der Waals surface area contributed by atoms with E-state index in [-0.39, 0.29) is 29.8 Å². The number of anilines is 1. The van der Waals surface area contributed by atoms with Crippen molar-refractivity contribution in [1.82, 2.24) is 14.7 Å². The number of benzene rings is 1. The van der Waals surface area contributed by atoms with Gasteiger partial charge in [0.25, 0.3) is 5.91 Å². The quantitative estimate of drug-likeness (QED) is 0.614. The van der Waals surface area contributed by atoms with Gasteiger partial charge in [-0.15, -0.1) is 0 Å². The van der Waals surface area contributed by atoms with E-state index in [2.05, 4.69) is 38.4 Å². The van der Waals surface area contributed by atoms with Crippen molar-refractivity contribution in [3.8, 4) is 0 Å². The molecule has 3 heterocycles. The number of hydrogen-bond acceptors (Lipinski definition) is 5. The number of thioether (sulfide) groups is 1. The molecular weight excluding hydrogens is 436 g/mol. The van der Waals surface area contributed by atoms with Crippen LogP contribution in [-0.4, -0.2) is 46.1 Å². The van der Waals surface area contributed by atoms with Crippen molar-refractivity contribution in [2.45, 2.75) is 49.3 Å². The highest BCUT2D eigenvalue weighted by Gasteiger charge is 2.41. The zero-order chi connectivity index (χ0) is 23.0. The van der Waals surface area contributed by atoms with Crippen LogP contribution in [0.25, 0.3) is 4.85 Å². The maximum absolute atomic E-state index is 12.3. The van der Waals surface area contributed by atoms with Crippen LogP contribution in [0.4, 0.5) is 5.82 Å². The molecule has 1 saturated heterocycles. The lowest BCUT2D eigenvalue weighted by Crippen LogP contribution is -2.48. The second-order valence-electron chi connectivity index (χ2n) is 9.38. The van der Waals surface area contributed by atoms with Crippen molar-refractivity contribution in [1.29, 1.82) is 0 Å². The molecule has 33 heavy (non-hydrogen) atoms. The number of nitrogens with one attached hydrogen (secondary N) is 1. The van der Waals surface area contributed by atoms with Crippen molar-refractivity contribution in [3.63, 3.8) is 0 Å². The molecule has 0 spiro atoms. The molecule has 0 unspecified atom stereocenters. The van der Waals surface area contributed by atoms with Gasteiger partial charge < -0.3 is 15.9 Å². The first-order valence-electron chi connectivity index (χ1n) is 11.4. The molecule has 3 aliphatic rings. The van der Waals surface area contributed by atoms with Crippen LogP contribution < -0.4 is 11.1 Å². The average molecular weight is 465 g/mol. The molecule has 2 amide bonds. The third kappa shape index (κ3) is 4.50. The zero-order valence-corrected chi connectivity index (χ0v) is 19.4. The third-order valence-electron chi connectivity index (χ3n) is 7.01. The lowest BCUT2D eigenvalue weighted by atomic mass is 9.87. The third-order valence-corrected chi connectivity index (χ3v) is 8.04. The van der Waals surface area contributed by atoms with Gasteiger partial charge in [-0.05, 0) is 42.4 Å². The first kappa shape index (κ1) is 22.0. The van der Waals surface area contributed by atoms with E-state index < -0.39 is 11.4 Å². The molecule has 1 aromatic carbocycles. The molecule has 1 aromatic heterocycles. The van der Waals surface area contributed by atoms with Crippen LogP contribution in [0.5, 0.6) is 0 Å². The summed E-state index contributed by atoms with van der Waals surface area (Å²) >= 11 is 1.96. The second-order valence-corrected chi connectivity index (χ2v) is 10.4. The molecule has 3 N–H and O–H groups in total. The van der Waals surface area contributed by atoms with Crippen LogP contribution >= 0.6 is 11.8 Å². The fourth-order valence-corrected chi connectivity index (χ4v) is 5.86. The van der Waals surface area contributed by atoms with Crippen molar-refractivity contribution < 1.29 is 9.59 Å². The number of piperidine rings is 1. The van der Waals surface area contributed by atoms with Gasteiger partial charge in [-0.1, -0.05) is 18.2 Å². The van der Waals surface area contributed by atoms with E-state index >= 15 is 0 Å². The number of nitrogens with zero attached hydrogens (tertiary/aromatic N) is 4. The van der Waals surface area contributed by atoms with E-state index in [1.165, 1.54) is 16.7 Å². The molecule has 172 valence electrons. The largest absolute Gasteiger partial charge is 0.365 e. The maximum atomic E-state index is 12.3. The van der Waals surface area contributed by atoms with E-state index in [1.54, 1.807) is 10.9 Å². The molecule has 0 bridgehead atoms. The highest BCUT2D eigenvalue weighted by atomic mass is 32.2. The SMILES string of the molecule is [C-]#[N+]CC1(n2cc(C(N)=O)c(NC(=O)C3CC3)n2)CCN(Cc2ccc3c(c2)CSC3)CC1. The predicted octanol–water partition coefficient (Wildman–Crippen LogP) is 2.99. The highest BCUT2D eigenvalue weighted by Crippen LogP contribution is 2.35. The zero-order valence-electron chi connectivity index (χ0n) is 18.5. The van der Waals surface area contributed by atoms with Crippen LogP contribution in [0.15, 0.2) is 24.4 Å². The monoisotopic (exact) mass is 464 g/mol. The number of likely N-dealkylation sites (tertiary alicyclic amines) is 1. The molecular formula is C24H28N6O2S. The Kier molecular flexibility index (Phi) is 5.89. The standard InChI is InChI=1S/C24H28N6O2S/c1-26-15-24(30-12-20(21(25)31)22(28-30)27-23(32)17-4-5-17)6-8-29(9-7-24)11-16-2-3-18-13-33-14-19(18)10-16/h2-3,10,12,17H,4-9,11,13-15H2,(H2,25,31)(H,27,28,32). The minimum atomic E-state index is -0.627. The molecule has 2 fully saturated rings. The lowest BCUT2D eigenvalue weighted by molar-refractivity contribution is -0.117. The number of amides is 2. The van der Waals surface area contributed by atoms with Gasteiger partial charge in [0.15, 0.2) is 5.82 Å². The summed E-state index contributed by atoms with van der Waals surface area (Å²) in [6, 6.07) is 6.81. The summed E-state index contributed by atoms with van der Waals surface area (Å²) in [5.41, 5.74) is 9.49. The van der Waals surface area contributed by atoms with Gasteiger partial charge in [-0.2, -0.15) is 16.9 Å². The Morgan fingerprint density at radius 2 is 2.00 bits per heavy atom. The van der Waals surface area contributed by atoms with Gasteiger partial charge in [0.05, 0.1) is 0 Å². The number of fused-ring (bicyclic) bond motifs is 1. The molecule has 0 atom stereocenters. The Morgan fingerprint density at radius 3 is 2.70 bits per heavy atom. The van der Waals surface area contributed by atoms with Crippen LogP contribution in [0.2, 0.25) is 0 Å². The van der Waals surface area contributed by atoms with Gasteiger partial charge in [-0.25, -0.2) is 6.57 Å². The lowest BCUT2D eigenvalue weighted by Gasteiger charge is -2.38. The van der Waals surface area contributed by atoms with Crippen molar-refractivity contribution in [3.05, 3.63) is 58.1 Å². The molecule has 9 heteroatoms. The van der Waals surface area contributed by atoms with Gasteiger partial charge in [0.1, 0.15) is 11.1 Å². The Labute approximate surface area is 197 Å². The Hall–Kier alpha value is -2.83. The highest BCUT2D eigenvalue weighted by molar-refractivity contribution is 7.98. The predicted molar refractivity (Wildman–Crippen MR) is 127 cm³/mol. The number of hydrogen-bond donors (Lipinski definition) is 2. The summed E-state index contributed by atoms with van der Waals surface area (Å²) in [5, 5.41) is 7.34. The Bertz CT molecular complexity index is 1120. The normalized spacial score (nSPS) is 19.6. The average Bonchev–Trinajstić information content (AvgIpc) is 3.40. The van der Waals surface area contributed by atoms with Gasteiger partial charge in [-0.3, -0.25) is 19.2 Å². The van der Waals surface area contributed by atoms with Crippen LogP contribution in [-0.2, 0) is 28.4 Å². The molecule has 0 radical (unpaired) electrons. The van der Waals surface area contributed by atoms with E-state index in [1.807, 2.05) is 11.8 Å². The van der Waals surface area contributed by atoms with Crippen LogP contribution in [0, 0.1) is 12.5 Å². The topological polar surface area (TPSA) is 97.6 Å². The molecule has 1 saturated carbocycles. The van der Waals surface area contributed by atoms with Gasteiger partial charge in [0, 0.05) is 43.3 Å². The summed E-state index contributed by atoms with van der Waals surface area (Å²) in [6.45, 7) is 10.4. The van der Waals surface area contributed by atoms with Crippen LogP contribution in [0.3, 0.4) is 0 Å². The minimum Gasteiger partial charge on any atom is -0.365 e. The molecule has 5 rings (SSSR count). The maximum Gasteiger partial charge on any atom is 0.254 e. The van der Waals surface area contributed by atoms with Crippen molar-refractivity contribution >= 4 is 29.4 Å². The summed E-state index contributed by atoms with van der Waals surface area (Å²) < 4.78 is 1.72. The number of carbonyl (C=O) groups is 2. The molecule has 1 aliphatic carbocycles. The van der Waals surface area contributed by atoms with Gasteiger partial charge >= 0.3 is 0 Å². The first-order valence-corrected chi connectivity index (χ1v) is 12.6. The minimum absolute atomic E-state index is 0.00544. The van der Waals surface area contributed by atoms with Gasteiger partial charge in [0.2, 0.25) is 12.5 Å². The summed E-state index contributed by atoms with van der Waals surface area (Å²) in [5.74, 6) is 1.66.